The molecule has 3 rings (SSSR count). The number of aryl methyl sites for hydroxylation is 1. The summed E-state index contributed by atoms with van der Waals surface area (Å²) in [6.45, 7) is 3.44. The van der Waals surface area contributed by atoms with E-state index in [2.05, 4.69) is 35.0 Å². The molecule has 0 saturated carbocycles. The van der Waals surface area contributed by atoms with E-state index in [9.17, 15) is 9.18 Å². The second-order valence-corrected chi connectivity index (χ2v) is 9.85. The maximum absolute atomic E-state index is 13.7. The van der Waals surface area contributed by atoms with Crippen molar-refractivity contribution in [3.8, 4) is 5.75 Å². The number of benzene rings is 2. The molecule has 0 heterocycles. The zero-order valence-corrected chi connectivity index (χ0v) is 17.9. The highest BCUT2D eigenvalue weighted by molar-refractivity contribution is 14.1. The predicted molar refractivity (Wildman–Crippen MR) is 110 cm³/mol. The van der Waals surface area contributed by atoms with Crippen molar-refractivity contribution in [2.45, 2.75) is 30.4 Å². The maximum Gasteiger partial charge on any atom is 0.192 e. The number of alkyl halides is 2. The molecule has 1 aliphatic rings. The number of ketones is 1. The average Bonchev–Trinajstić information content (AvgIpc) is 2.84. The van der Waals surface area contributed by atoms with Gasteiger partial charge in [0.2, 0.25) is 0 Å². The molecule has 2 atom stereocenters. The van der Waals surface area contributed by atoms with Crippen LogP contribution in [0.2, 0.25) is 0 Å². The van der Waals surface area contributed by atoms with E-state index in [1.165, 1.54) is 18.1 Å². The van der Waals surface area contributed by atoms with Crippen molar-refractivity contribution in [3.05, 3.63) is 63.1 Å². The Balaban J connectivity index is 1.81. The van der Waals surface area contributed by atoms with Crippen molar-refractivity contribution in [1.29, 1.82) is 0 Å². The second kappa shape index (κ2) is 7.35. The number of ether oxygens (including phenoxy) is 1. The topological polar surface area (TPSA) is 26.3 Å². The van der Waals surface area contributed by atoms with E-state index < -0.39 is 3.68 Å². The molecule has 2 aromatic carbocycles. The van der Waals surface area contributed by atoms with Gasteiger partial charge in [-0.3, -0.25) is 4.79 Å². The first-order valence-electron chi connectivity index (χ1n) is 8.16. The molecular weight excluding hydrogens is 498 g/mol. The number of hydrogen-bond acceptors (Lipinski definition) is 2. The Hall–Kier alpha value is -0.950. The molecule has 0 aromatic heterocycles. The van der Waals surface area contributed by atoms with Crippen LogP contribution >= 0.6 is 38.5 Å². The van der Waals surface area contributed by atoms with Crippen LogP contribution < -0.4 is 4.74 Å². The SMILES string of the molecule is Cc1cc(Br)ccc1CC1Cc2cccc(OCC(C)(F)I)c2C1=O. The summed E-state index contributed by atoms with van der Waals surface area (Å²) in [5, 5.41) is 0. The molecule has 0 saturated heterocycles. The van der Waals surface area contributed by atoms with Crippen LogP contribution in [0.4, 0.5) is 4.39 Å². The lowest BCUT2D eigenvalue weighted by Crippen LogP contribution is -2.20. The number of Topliss-reactive ketones (excluding diaryl/α,β-unsaturated/α-hetero) is 1. The van der Waals surface area contributed by atoms with Crippen molar-refractivity contribution in [2.24, 2.45) is 5.92 Å². The summed E-state index contributed by atoms with van der Waals surface area (Å²) in [5.41, 5.74) is 3.98. The van der Waals surface area contributed by atoms with Gasteiger partial charge in [-0.15, -0.1) is 0 Å². The van der Waals surface area contributed by atoms with Gasteiger partial charge in [0.05, 0.1) is 5.56 Å². The first-order valence-corrected chi connectivity index (χ1v) is 10.0. The highest BCUT2D eigenvalue weighted by Crippen LogP contribution is 2.36. The Kier molecular flexibility index (Phi) is 5.54. The molecule has 2 aromatic rings. The Morgan fingerprint density at radius 3 is 2.80 bits per heavy atom. The third-order valence-corrected chi connectivity index (χ3v) is 5.25. The summed E-state index contributed by atoms with van der Waals surface area (Å²) in [5.74, 6) is 0.510. The fraction of sp³-hybridized carbons (Fsp3) is 0.350. The van der Waals surface area contributed by atoms with Crippen LogP contribution in [0, 0.1) is 12.8 Å². The summed E-state index contributed by atoms with van der Waals surface area (Å²) in [6, 6.07) is 11.7. The number of carbonyl (C=O) groups excluding carboxylic acids is 1. The fourth-order valence-corrected chi connectivity index (χ4v) is 3.86. The number of fused-ring (bicyclic) bond motifs is 1. The average molecular weight is 517 g/mol. The van der Waals surface area contributed by atoms with E-state index in [0.717, 1.165) is 10.0 Å². The first kappa shape index (κ1) is 18.8. The molecule has 1 aliphatic carbocycles. The van der Waals surface area contributed by atoms with E-state index in [-0.39, 0.29) is 18.3 Å². The van der Waals surface area contributed by atoms with Gasteiger partial charge in [-0.1, -0.05) is 34.1 Å². The van der Waals surface area contributed by atoms with Gasteiger partial charge < -0.3 is 4.74 Å². The lowest BCUT2D eigenvalue weighted by Gasteiger charge is -2.15. The van der Waals surface area contributed by atoms with Crippen molar-refractivity contribution in [1.82, 2.24) is 0 Å². The minimum absolute atomic E-state index is 0.0756. The molecule has 0 radical (unpaired) electrons. The fourth-order valence-electron chi connectivity index (χ4n) is 3.23. The minimum atomic E-state index is -1.46. The number of carbonyl (C=O) groups is 1. The van der Waals surface area contributed by atoms with E-state index in [4.69, 9.17) is 4.74 Å². The van der Waals surface area contributed by atoms with Crippen LogP contribution in [-0.4, -0.2) is 16.1 Å². The van der Waals surface area contributed by atoms with Crippen molar-refractivity contribution in [3.63, 3.8) is 0 Å². The van der Waals surface area contributed by atoms with Crippen LogP contribution in [0.25, 0.3) is 0 Å². The lowest BCUT2D eigenvalue weighted by molar-refractivity contribution is 0.0930. The first-order chi connectivity index (χ1) is 11.7. The van der Waals surface area contributed by atoms with Gasteiger partial charge in [0.15, 0.2) is 9.46 Å². The van der Waals surface area contributed by atoms with Gasteiger partial charge in [0, 0.05) is 10.4 Å². The van der Waals surface area contributed by atoms with Gasteiger partial charge in [-0.05, 0) is 84.2 Å². The molecule has 0 bridgehead atoms. The van der Waals surface area contributed by atoms with Crippen molar-refractivity contribution >= 4 is 44.3 Å². The predicted octanol–water partition coefficient (Wildman–Crippen LogP) is 5.85. The smallest absolute Gasteiger partial charge is 0.192 e. The third-order valence-electron chi connectivity index (χ3n) is 4.45. The van der Waals surface area contributed by atoms with Gasteiger partial charge in [0.1, 0.15) is 12.4 Å². The molecule has 0 spiro atoms. The molecule has 25 heavy (non-hydrogen) atoms. The molecule has 0 aliphatic heterocycles. The van der Waals surface area contributed by atoms with Crippen molar-refractivity contribution < 1.29 is 13.9 Å². The second-order valence-electron chi connectivity index (χ2n) is 6.69. The quantitative estimate of drug-likeness (QED) is 0.368. The summed E-state index contributed by atoms with van der Waals surface area (Å²) in [7, 11) is 0. The van der Waals surface area contributed by atoms with Crippen LogP contribution in [0.15, 0.2) is 40.9 Å². The van der Waals surface area contributed by atoms with Crippen LogP contribution in [0.5, 0.6) is 5.75 Å². The van der Waals surface area contributed by atoms with Gasteiger partial charge in [-0.2, -0.15) is 0 Å². The highest BCUT2D eigenvalue weighted by Gasteiger charge is 2.34. The number of rotatable bonds is 5. The summed E-state index contributed by atoms with van der Waals surface area (Å²) in [4.78, 5) is 12.9. The Morgan fingerprint density at radius 1 is 1.36 bits per heavy atom. The molecular formula is C20H19BrFIO2. The molecule has 2 unspecified atom stereocenters. The summed E-state index contributed by atoms with van der Waals surface area (Å²) >= 11 is 5.17. The molecule has 0 amide bonds. The molecule has 0 N–H and O–H groups in total. The largest absolute Gasteiger partial charge is 0.489 e. The monoisotopic (exact) mass is 516 g/mol. The van der Waals surface area contributed by atoms with E-state index in [1.807, 2.05) is 18.2 Å². The summed E-state index contributed by atoms with van der Waals surface area (Å²) in [6.07, 6.45) is 1.41. The Morgan fingerprint density at radius 2 is 2.12 bits per heavy atom. The molecule has 2 nitrogen and oxygen atoms in total. The zero-order valence-electron chi connectivity index (χ0n) is 14.1. The zero-order chi connectivity index (χ0) is 18.2. The van der Waals surface area contributed by atoms with Crippen LogP contribution in [0.3, 0.4) is 0 Å². The summed E-state index contributed by atoms with van der Waals surface area (Å²) < 4.78 is 18.9. The molecule has 5 heteroatoms. The lowest BCUT2D eigenvalue weighted by atomic mass is 9.93. The van der Waals surface area contributed by atoms with Gasteiger partial charge in [-0.25, -0.2) is 4.39 Å². The van der Waals surface area contributed by atoms with E-state index >= 15 is 0 Å². The van der Waals surface area contributed by atoms with Crippen molar-refractivity contribution in [2.75, 3.05) is 6.61 Å². The Labute approximate surface area is 169 Å². The van der Waals surface area contributed by atoms with E-state index in [1.54, 1.807) is 28.7 Å². The highest BCUT2D eigenvalue weighted by atomic mass is 127. The van der Waals surface area contributed by atoms with E-state index in [0.29, 0.717) is 24.2 Å². The normalized spacial score (nSPS) is 18.8. The molecule has 0 fully saturated rings. The van der Waals surface area contributed by atoms with Gasteiger partial charge in [0.25, 0.3) is 0 Å². The standard InChI is InChI=1S/C20H19BrFIO2/c1-12-8-16(21)7-6-13(12)9-15-10-14-4-3-5-17(18(14)19(15)24)25-11-20(2,22)23/h3-8,15H,9-11H2,1-2H3. The Bertz CT molecular complexity index is 814. The van der Waals surface area contributed by atoms with Gasteiger partial charge >= 0.3 is 0 Å². The third kappa shape index (κ3) is 4.42. The minimum Gasteiger partial charge on any atom is -0.489 e. The van der Waals surface area contributed by atoms with Crippen LogP contribution in [0.1, 0.15) is 34.0 Å². The number of halogens is 3. The molecule has 132 valence electrons. The number of hydrogen-bond donors (Lipinski definition) is 0. The maximum atomic E-state index is 13.7. The van der Waals surface area contributed by atoms with Crippen LogP contribution in [-0.2, 0) is 12.8 Å².